The molecule has 0 saturated carbocycles. The van der Waals surface area contributed by atoms with Crippen molar-refractivity contribution < 1.29 is 9.53 Å². The first-order valence-electron chi connectivity index (χ1n) is 5.92. The van der Waals surface area contributed by atoms with Gasteiger partial charge in [0, 0.05) is 18.1 Å². The second-order valence-corrected chi connectivity index (χ2v) is 4.62. The maximum absolute atomic E-state index is 11.8. The fraction of sp³-hybridized carbons (Fsp3) is 0.462. The van der Waals surface area contributed by atoms with Gasteiger partial charge >= 0.3 is 0 Å². The zero-order chi connectivity index (χ0) is 12.1. The van der Waals surface area contributed by atoms with Gasteiger partial charge in [0.05, 0.1) is 0 Å². The molecule has 0 unspecified atom stereocenters. The maximum Gasteiger partial charge on any atom is 0.260 e. The summed E-state index contributed by atoms with van der Waals surface area (Å²) in [6, 6.07) is 7.10. The van der Waals surface area contributed by atoms with Crippen LogP contribution in [-0.2, 0) is 4.79 Å². The van der Waals surface area contributed by atoms with E-state index in [9.17, 15) is 4.79 Å². The lowest BCUT2D eigenvalue weighted by molar-refractivity contribution is -0.134. The molecule has 92 valence electrons. The maximum atomic E-state index is 11.8. The van der Waals surface area contributed by atoms with Gasteiger partial charge in [-0.3, -0.25) is 4.79 Å². The third-order valence-electron chi connectivity index (χ3n) is 2.87. The molecule has 17 heavy (non-hydrogen) atoms. The Morgan fingerprint density at radius 3 is 2.76 bits per heavy atom. The van der Waals surface area contributed by atoms with Crippen LogP contribution in [0.4, 0.5) is 0 Å². The Hall–Kier alpha value is -1.22. The minimum atomic E-state index is 0.0599. The Morgan fingerprint density at radius 1 is 1.29 bits per heavy atom. The van der Waals surface area contributed by atoms with E-state index in [1.807, 2.05) is 11.0 Å². The molecule has 1 aromatic rings. The summed E-state index contributed by atoms with van der Waals surface area (Å²) in [4.78, 5) is 13.7. The molecule has 0 spiro atoms. The van der Waals surface area contributed by atoms with E-state index in [1.54, 1.807) is 18.2 Å². The summed E-state index contributed by atoms with van der Waals surface area (Å²) in [5.41, 5.74) is 0. The van der Waals surface area contributed by atoms with Crippen LogP contribution in [0.3, 0.4) is 0 Å². The molecule has 1 fully saturated rings. The summed E-state index contributed by atoms with van der Waals surface area (Å²) in [6.45, 7) is 1.82. The average Bonchev–Trinajstić information content (AvgIpc) is 2.37. The summed E-state index contributed by atoms with van der Waals surface area (Å²) in [5, 5.41) is 0.618. The fourth-order valence-electron chi connectivity index (χ4n) is 1.94. The SMILES string of the molecule is O=C(COc1cccc(Cl)c1)N1CCCCC1. The standard InChI is InChI=1S/C13H16ClNO2/c14-11-5-4-6-12(9-11)17-10-13(16)15-7-2-1-3-8-15/h4-6,9H,1-3,7-8,10H2. The highest BCUT2D eigenvalue weighted by molar-refractivity contribution is 6.30. The summed E-state index contributed by atoms with van der Waals surface area (Å²) >= 11 is 5.83. The summed E-state index contributed by atoms with van der Waals surface area (Å²) in [5.74, 6) is 0.701. The van der Waals surface area contributed by atoms with Crippen LogP contribution in [0.15, 0.2) is 24.3 Å². The van der Waals surface area contributed by atoms with E-state index in [1.165, 1.54) is 6.42 Å². The Balaban J connectivity index is 1.83. The molecule has 1 amide bonds. The van der Waals surface area contributed by atoms with Gasteiger partial charge in [-0.15, -0.1) is 0 Å². The molecular weight excluding hydrogens is 238 g/mol. The number of likely N-dealkylation sites (tertiary alicyclic amines) is 1. The minimum absolute atomic E-state index is 0.0599. The van der Waals surface area contributed by atoms with E-state index >= 15 is 0 Å². The lowest BCUT2D eigenvalue weighted by atomic mass is 10.1. The topological polar surface area (TPSA) is 29.5 Å². The monoisotopic (exact) mass is 253 g/mol. The number of rotatable bonds is 3. The van der Waals surface area contributed by atoms with Crippen molar-refractivity contribution in [1.29, 1.82) is 0 Å². The second-order valence-electron chi connectivity index (χ2n) is 4.19. The van der Waals surface area contributed by atoms with Crippen molar-refractivity contribution in [3.05, 3.63) is 29.3 Å². The number of hydrogen-bond acceptors (Lipinski definition) is 2. The van der Waals surface area contributed by atoms with Gasteiger partial charge in [-0.2, -0.15) is 0 Å². The molecule has 1 heterocycles. The molecule has 2 rings (SSSR count). The zero-order valence-electron chi connectivity index (χ0n) is 9.69. The largest absolute Gasteiger partial charge is 0.484 e. The van der Waals surface area contributed by atoms with E-state index in [0.717, 1.165) is 25.9 Å². The first-order chi connectivity index (χ1) is 8.25. The highest BCUT2D eigenvalue weighted by Crippen LogP contribution is 2.17. The second kappa shape index (κ2) is 5.92. The van der Waals surface area contributed by atoms with Crippen LogP contribution in [0, 0.1) is 0 Å². The van der Waals surface area contributed by atoms with Crippen LogP contribution >= 0.6 is 11.6 Å². The van der Waals surface area contributed by atoms with Gasteiger partial charge in [-0.25, -0.2) is 0 Å². The molecule has 0 atom stereocenters. The van der Waals surface area contributed by atoms with E-state index in [4.69, 9.17) is 16.3 Å². The van der Waals surface area contributed by atoms with Crippen molar-refractivity contribution in [3.63, 3.8) is 0 Å². The summed E-state index contributed by atoms with van der Waals surface area (Å²) in [7, 11) is 0. The van der Waals surface area contributed by atoms with Crippen molar-refractivity contribution in [2.45, 2.75) is 19.3 Å². The van der Waals surface area contributed by atoms with Gasteiger partial charge < -0.3 is 9.64 Å². The van der Waals surface area contributed by atoms with Crippen LogP contribution in [-0.4, -0.2) is 30.5 Å². The molecule has 4 heteroatoms. The van der Waals surface area contributed by atoms with Crippen LogP contribution in [0.1, 0.15) is 19.3 Å². The molecule has 1 aliphatic heterocycles. The van der Waals surface area contributed by atoms with Gasteiger partial charge in [0.2, 0.25) is 0 Å². The molecule has 0 N–H and O–H groups in total. The summed E-state index contributed by atoms with van der Waals surface area (Å²) < 4.78 is 5.43. The molecule has 0 aromatic heterocycles. The molecule has 0 bridgehead atoms. The number of carbonyl (C=O) groups excluding carboxylic acids is 1. The van der Waals surface area contributed by atoms with E-state index in [-0.39, 0.29) is 12.5 Å². The number of piperidine rings is 1. The highest BCUT2D eigenvalue weighted by atomic mass is 35.5. The van der Waals surface area contributed by atoms with E-state index in [2.05, 4.69) is 0 Å². The predicted molar refractivity (Wildman–Crippen MR) is 67.4 cm³/mol. The number of halogens is 1. The van der Waals surface area contributed by atoms with E-state index < -0.39 is 0 Å². The number of nitrogens with zero attached hydrogens (tertiary/aromatic N) is 1. The van der Waals surface area contributed by atoms with Crippen molar-refractivity contribution in [2.75, 3.05) is 19.7 Å². The average molecular weight is 254 g/mol. The molecule has 3 nitrogen and oxygen atoms in total. The number of hydrogen-bond donors (Lipinski definition) is 0. The zero-order valence-corrected chi connectivity index (χ0v) is 10.4. The van der Waals surface area contributed by atoms with E-state index in [0.29, 0.717) is 10.8 Å². The van der Waals surface area contributed by atoms with Gasteiger partial charge in [0.25, 0.3) is 5.91 Å². The first kappa shape index (κ1) is 12.2. The van der Waals surface area contributed by atoms with Gasteiger partial charge in [0.15, 0.2) is 6.61 Å². The predicted octanol–water partition coefficient (Wildman–Crippen LogP) is 2.73. The van der Waals surface area contributed by atoms with Crippen molar-refractivity contribution in [2.24, 2.45) is 0 Å². The molecular formula is C13H16ClNO2. The molecule has 1 saturated heterocycles. The van der Waals surface area contributed by atoms with Crippen molar-refractivity contribution in [1.82, 2.24) is 4.90 Å². The Bertz CT molecular complexity index is 389. The van der Waals surface area contributed by atoms with Gasteiger partial charge in [0.1, 0.15) is 5.75 Å². The number of carbonyl (C=O) groups is 1. The Morgan fingerprint density at radius 2 is 2.06 bits per heavy atom. The lowest BCUT2D eigenvalue weighted by Gasteiger charge is -2.26. The van der Waals surface area contributed by atoms with Crippen molar-refractivity contribution in [3.8, 4) is 5.75 Å². The Kier molecular flexibility index (Phi) is 4.26. The number of amides is 1. The van der Waals surface area contributed by atoms with Crippen LogP contribution < -0.4 is 4.74 Å². The normalized spacial score (nSPS) is 15.7. The lowest BCUT2D eigenvalue weighted by Crippen LogP contribution is -2.38. The third kappa shape index (κ3) is 3.63. The van der Waals surface area contributed by atoms with Crippen LogP contribution in [0.2, 0.25) is 5.02 Å². The third-order valence-corrected chi connectivity index (χ3v) is 3.10. The van der Waals surface area contributed by atoms with Gasteiger partial charge in [-0.1, -0.05) is 17.7 Å². The molecule has 0 radical (unpaired) electrons. The van der Waals surface area contributed by atoms with Crippen LogP contribution in [0.5, 0.6) is 5.75 Å². The smallest absolute Gasteiger partial charge is 0.260 e. The quantitative estimate of drug-likeness (QED) is 0.829. The Labute approximate surface area is 106 Å². The van der Waals surface area contributed by atoms with Gasteiger partial charge in [-0.05, 0) is 37.5 Å². The fourth-order valence-corrected chi connectivity index (χ4v) is 2.12. The van der Waals surface area contributed by atoms with Crippen LogP contribution in [0.25, 0.3) is 0 Å². The first-order valence-corrected chi connectivity index (χ1v) is 6.29. The molecule has 1 aromatic carbocycles. The summed E-state index contributed by atoms with van der Waals surface area (Å²) in [6.07, 6.45) is 3.42. The minimum Gasteiger partial charge on any atom is -0.484 e. The van der Waals surface area contributed by atoms with Crippen molar-refractivity contribution >= 4 is 17.5 Å². The molecule has 1 aliphatic rings. The highest BCUT2D eigenvalue weighted by Gasteiger charge is 2.16. The molecule has 0 aliphatic carbocycles. The number of ether oxygens (including phenoxy) is 1. The number of benzene rings is 1.